The van der Waals surface area contributed by atoms with Gasteiger partial charge < -0.3 is 19.9 Å². The number of amides is 6. The molecule has 19 heteroatoms. The first-order valence-corrected chi connectivity index (χ1v) is 18.8. The molecule has 3 saturated heterocycles. The van der Waals surface area contributed by atoms with E-state index in [0.29, 0.717) is 63.0 Å². The van der Waals surface area contributed by atoms with Gasteiger partial charge in [0.05, 0.1) is 42.0 Å². The van der Waals surface area contributed by atoms with Crippen molar-refractivity contribution in [3.8, 4) is 5.75 Å². The molecule has 2 aromatic carbocycles. The van der Waals surface area contributed by atoms with Crippen molar-refractivity contribution in [3.05, 3.63) is 77.2 Å². The third-order valence-corrected chi connectivity index (χ3v) is 11.1. The van der Waals surface area contributed by atoms with Crippen molar-refractivity contribution in [2.45, 2.75) is 43.9 Å². The average molecular weight is 802 g/mol. The van der Waals surface area contributed by atoms with Crippen LogP contribution in [0.25, 0.3) is 10.9 Å². The lowest BCUT2D eigenvalue weighted by Gasteiger charge is -2.38. The van der Waals surface area contributed by atoms with E-state index in [-0.39, 0.29) is 53.9 Å². The number of rotatable bonds is 8. The van der Waals surface area contributed by atoms with E-state index in [1.807, 2.05) is 15.8 Å². The molecule has 16 nitrogen and oxygen atoms in total. The number of likely N-dealkylation sites (tertiary alicyclic amines) is 1. The topological polar surface area (TPSA) is 179 Å². The van der Waals surface area contributed by atoms with Gasteiger partial charge in [-0.2, -0.15) is 18.3 Å². The van der Waals surface area contributed by atoms with Crippen LogP contribution in [-0.2, 0) is 20.6 Å². The summed E-state index contributed by atoms with van der Waals surface area (Å²) in [6.07, 6.45) is -1.41. The van der Waals surface area contributed by atoms with Gasteiger partial charge in [-0.05, 0) is 55.7 Å². The predicted octanol–water partition coefficient (Wildman–Crippen LogP) is 3.10. The fourth-order valence-corrected chi connectivity index (χ4v) is 7.92. The quantitative estimate of drug-likeness (QED) is 0.250. The van der Waals surface area contributed by atoms with Gasteiger partial charge in [-0.25, -0.2) is 4.98 Å². The number of imide groups is 2. The molecule has 1 atom stereocenters. The Balaban J connectivity index is 0.835. The van der Waals surface area contributed by atoms with E-state index in [4.69, 9.17) is 9.84 Å². The highest BCUT2D eigenvalue weighted by atomic mass is 19.4. The number of carbonyl (C=O) groups excluding carboxylic acids is 6. The second-order valence-corrected chi connectivity index (χ2v) is 14.6. The molecule has 6 heterocycles. The molecule has 2 N–H and O–H groups in total. The Bertz CT molecular complexity index is 2350. The first-order chi connectivity index (χ1) is 27.8. The number of hydrogen-bond acceptors (Lipinski definition) is 11. The molecule has 0 spiro atoms. The number of piperazine rings is 1. The van der Waals surface area contributed by atoms with Gasteiger partial charge in [0.25, 0.3) is 17.7 Å². The maximum Gasteiger partial charge on any atom is 0.433 e. The summed E-state index contributed by atoms with van der Waals surface area (Å²) in [4.78, 5) is 87.1. The van der Waals surface area contributed by atoms with Crippen molar-refractivity contribution in [1.82, 2.24) is 34.8 Å². The van der Waals surface area contributed by atoms with Gasteiger partial charge in [0.2, 0.25) is 17.7 Å². The summed E-state index contributed by atoms with van der Waals surface area (Å²) < 4.78 is 46.7. The zero-order chi connectivity index (χ0) is 40.9. The minimum Gasteiger partial charge on any atom is -0.494 e. The summed E-state index contributed by atoms with van der Waals surface area (Å²) in [6, 6.07) is 10.4. The first kappa shape index (κ1) is 38.5. The molecule has 4 aliphatic heterocycles. The van der Waals surface area contributed by atoms with E-state index in [0.717, 1.165) is 22.7 Å². The van der Waals surface area contributed by atoms with E-state index in [1.54, 1.807) is 30.3 Å². The molecule has 2 aromatic heterocycles. The summed E-state index contributed by atoms with van der Waals surface area (Å²) in [5, 5.41) is 10.2. The monoisotopic (exact) mass is 801 g/mol. The van der Waals surface area contributed by atoms with Gasteiger partial charge in [0.1, 0.15) is 23.2 Å². The Kier molecular flexibility index (Phi) is 10.1. The molecular weight excluding hydrogens is 763 g/mol. The van der Waals surface area contributed by atoms with Crippen LogP contribution >= 0.6 is 0 Å². The maximum absolute atomic E-state index is 13.4. The van der Waals surface area contributed by atoms with E-state index in [1.165, 1.54) is 13.2 Å². The highest BCUT2D eigenvalue weighted by Crippen LogP contribution is 2.34. The Hall–Kier alpha value is -6.37. The van der Waals surface area contributed by atoms with Crippen molar-refractivity contribution >= 4 is 57.7 Å². The summed E-state index contributed by atoms with van der Waals surface area (Å²) in [6.45, 7) is 3.73. The molecule has 302 valence electrons. The number of halogens is 3. The van der Waals surface area contributed by atoms with Crippen molar-refractivity contribution in [1.29, 1.82) is 0 Å². The Morgan fingerprint density at radius 1 is 0.914 bits per heavy atom. The number of benzene rings is 2. The number of ether oxygens (including phenoxy) is 1. The van der Waals surface area contributed by atoms with Gasteiger partial charge >= 0.3 is 6.18 Å². The molecule has 58 heavy (non-hydrogen) atoms. The van der Waals surface area contributed by atoms with Gasteiger partial charge in [0, 0.05) is 69.0 Å². The Labute approximate surface area is 328 Å². The number of anilines is 2. The molecule has 0 radical (unpaired) electrons. The zero-order valence-corrected chi connectivity index (χ0v) is 31.3. The van der Waals surface area contributed by atoms with Crippen molar-refractivity contribution < 1.29 is 46.7 Å². The van der Waals surface area contributed by atoms with E-state index in [2.05, 4.69) is 25.4 Å². The normalized spacial score (nSPS) is 19.4. The molecule has 4 aliphatic rings. The molecule has 0 saturated carbocycles. The third-order valence-electron chi connectivity index (χ3n) is 11.1. The number of nitrogens with zero attached hydrogens (tertiary/aromatic N) is 7. The number of pyridine rings is 1. The fraction of sp³-hybridized carbons (Fsp3) is 0.385. The van der Waals surface area contributed by atoms with Gasteiger partial charge in [0.15, 0.2) is 0 Å². The second kappa shape index (κ2) is 15.2. The standard InChI is InChI=1S/C39H38F3N9O7/c1-58-31-19-28-22(17-29(31)44-35(54)27-3-2-4-32(43-27)39(40,41)42)20-50(46-28)23-9-11-49(12-10-23)34(53)21-47-13-15-48(16-14-47)24-5-6-25-26(18-24)38(57)51(37(25)56)30-7-8-33(52)45-36(30)55/h2-6,17-20,23,30H,7-16,21H2,1H3,(H,44,54)(H,45,52,55). The lowest BCUT2D eigenvalue weighted by molar-refractivity contribution is -0.141. The van der Waals surface area contributed by atoms with E-state index >= 15 is 0 Å². The van der Waals surface area contributed by atoms with Crippen LogP contribution in [0.2, 0.25) is 0 Å². The number of piperidine rings is 2. The van der Waals surface area contributed by atoms with Crippen molar-refractivity contribution in [2.75, 3.05) is 63.1 Å². The smallest absolute Gasteiger partial charge is 0.433 e. The fourth-order valence-electron chi connectivity index (χ4n) is 7.92. The number of carbonyl (C=O) groups is 6. The molecule has 4 aromatic rings. The number of nitrogens with one attached hydrogen (secondary N) is 2. The van der Waals surface area contributed by atoms with Crippen molar-refractivity contribution in [3.63, 3.8) is 0 Å². The van der Waals surface area contributed by atoms with Crippen LogP contribution in [0.3, 0.4) is 0 Å². The summed E-state index contributed by atoms with van der Waals surface area (Å²) in [7, 11) is 1.41. The zero-order valence-electron chi connectivity index (χ0n) is 31.3. The summed E-state index contributed by atoms with van der Waals surface area (Å²) >= 11 is 0. The molecule has 6 amide bonds. The third kappa shape index (κ3) is 7.44. The van der Waals surface area contributed by atoms with Gasteiger partial charge in [-0.3, -0.25) is 48.6 Å². The van der Waals surface area contributed by atoms with Crippen molar-refractivity contribution in [2.24, 2.45) is 0 Å². The van der Waals surface area contributed by atoms with Crippen LogP contribution in [0.15, 0.2) is 54.7 Å². The minimum atomic E-state index is -4.70. The largest absolute Gasteiger partial charge is 0.494 e. The molecular formula is C39H38F3N9O7. The predicted molar refractivity (Wildman–Crippen MR) is 200 cm³/mol. The number of hydrogen-bond donors (Lipinski definition) is 2. The minimum absolute atomic E-state index is 0.00364. The molecule has 3 fully saturated rings. The lowest BCUT2D eigenvalue weighted by Crippen LogP contribution is -2.54. The maximum atomic E-state index is 13.4. The van der Waals surface area contributed by atoms with Crippen LogP contribution in [-0.4, -0.2) is 124 Å². The molecule has 0 bridgehead atoms. The van der Waals surface area contributed by atoms with Crippen LogP contribution in [0.4, 0.5) is 24.5 Å². The number of alkyl halides is 3. The molecule has 0 aliphatic carbocycles. The molecule has 1 unspecified atom stereocenters. The first-order valence-electron chi connectivity index (χ1n) is 18.8. The highest BCUT2D eigenvalue weighted by molar-refractivity contribution is 6.23. The number of aromatic nitrogens is 3. The Morgan fingerprint density at radius 2 is 1.66 bits per heavy atom. The lowest BCUT2D eigenvalue weighted by atomic mass is 10.0. The van der Waals surface area contributed by atoms with Crippen LogP contribution in [0.1, 0.15) is 68.6 Å². The van der Waals surface area contributed by atoms with Gasteiger partial charge in [-0.1, -0.05) is 6.07 Å². The number of methoxy groups -OCH3 is 1. The SMILES string of the molecule is COc1cc2nn(C3CCN(C(=O)CN4CCN(c5ccc6c(c5)C(=O)N(C5CCC(=O)NC5=O)C6=O)CC4)CC3)cc2cc1NC(=O)c1cccc(C(F)(F)F)n1. The van der Waals surface area contributed by atoms with E-state index in [9.17, 15) is 41.9 Å². The number of fused-ring (bicyclic) bond motifs is 2. The average Bonchev–Trinajstić information content (AvgIpc) is 3.74. The molecule has 8 rings (SSSR count). The van der Waals surface area contributed by atoms with Crippen LogP contribution in [0, 0.1) is 0 Å². The van der Waals surface area contributed by atoms with Gasteiger partial charge in [-0.15, -0.1) is 0 Å². The van der Waals surface area contributed by atoms with Crippen LogP contribution in [0.5, 0.6) is 5.75 Å². The van der Waals surface area contributed by atoms with E-state index < -0.39 is 53.1 Å². The highest BCUT2D eigenvalue weighted by Gasteiger charge is 2.45. The summed E-state index contributed by atoms with van der Waals surface area (Å²) in [5.41, 5.74) is 0.479. The van der Waals surface area contributed by atoms with Crippen LogP contribution < -0.4 is 20.3 Å². The Morgan fingerprint density at radius 3 is 2.36 bits per heavy atom. The second-order valence-electron chi connectivity index (χ2n) is 14.6. The summed E-state index contributed by atoms with van der Waals surface area (Å²) in [5.74, 6) is -2.73.